The summed E-state index contributed by atoms with van der Waals surface area (Å²) in [5.74, 6) is 0.636. The number of hydrogen-bond acceptors (Lipinski definition) is 4. The molecule has 0 aromatic heterocycles. The Hall–Kier alpha value is -0.780. The molecule has 0 atom stereocenters. The molecule has 108 valence electrons. The van der Waals surface area contributed by atoms with Gasteiger partial charge in [0, 0.05) is 20.3 Å². The van der Waals surface area contributed by atoms with Crippen LogP contribution in [0.1, 0.15) is 24.8 Å². The smallest absolute Gasteiger partial charge is 0.172 e. The first-order valence-electron chi connectivity index (χ1n) is 6.44. The molecule has 0 aliphatic rings. The number of ether oxygens (including phenoxy) is 2. The van der Waals surface area contributed by atoms with Gasteiger partial charge in [-0.1, -0.05) is 0 Å². The van der Waals surface area contributed by atoms with Gasteiger partial charge >= 0.3 is 0 Å². The molecule has 0 amide bonds. The van der Waals surface area contributed by atoms with Gasteiger partial charge in [-0.05, 0) is 59.4 Å². The first-order chi connectivity index (χ1) is 9.19. The van der Waals surface area contributed by atoms with Crippen molar-refractivity contribution >= 4 is 15.9 Å². The number of benzene rings is 1. The van der Waals surface area contributed by atoms with Crippen molar-refractivity contribution < 1.29 is 14.6 Å². The molecule has 0 spiro atoms. The van der Waals surface area contributed by atoms with Crippen LogP contribution in [0.3, 0.4) is 0 Å². The van der Waals surface area contributed by atoms with E-state index in [0.717, 1.165) is 38.1 Å². The first-order valence-corrected chi connectivity index (χ1v) is 7.23. The van der Waals surface area contributed by atoms with Gasteiger partial charge in [0.2, 0.25) is 0 Å². The van der Waals surface area contributed by atoms with Crippen molar-refractivity contribution in [2.45, 2.75) is 25.8 Å². The number of unbranched alkanes of at least 4 members (excludes halogenated alkanes) is 2. The molecule has 0 heterocycles. The van der Waals surface area contributed by atoms with Gasteiger partial charge in [-0.25, -0.2) is 0 Å². The van der Waals surface area contributed by atoms with Crippen LogP contribution in [-0.2, 0) is 11.3 Å². The van der Waals surface area contributed by atoms with E-state index < -0.39 is 0 Å². The SMILES string of the molecule is COCCCCCNCc1cc(Br)c(O)c(OC)c1. The molecule has 0 bridgehead atoms. The summed E-state index contributed by atoms with van der Waals surface area (Å²) < 4.78 is 10.8. The quantitative estimate of drug-likeness (QED) is 0.683. The monoisotopic (exact) mass is 331 g/mol. The van der Waals surface area contributed by atoms with Crippen LogP contribution in [0.2, 0.25) is 0 Å². The predicted molar refractivity (Wildman–Crippen MR) is 79.8 cm³/mol. The minimum absolute atomic E-state index is 0.144. The molecule has 0 unspecified atom stereocenters. The van der Waals surface area contributed by atoms with Crippen LogP contribution in [-0.4, -0.2) is 32.5 Å². The van der Waals surface area contributed by atoms with Crippen LogP contribution in [0.5, 0.6) is 11.5 Å². The normalized spacial score (nSPS) is 10.7. The average Bonchev–Trinajstić information content (AvgIpc) is 2.41. The van der Waals surface area contributed by atoms with Crippen molar-refractivity contribution in [3.63, 3.8) is 0 Å². The number of hydrogen-bond donors (Lipinski definition) is 2. The Kier molecular flexibility index (Phi) is 7.86. The summed E-state index contributed by atoms with van der Waals surface area (Å²) in [5, 5.41) is 13.1. The minimum atomic E-state index is 0.144. The van der Waals surface area contributed by atoms with Crippen LogP contribution in [0.4, 0.5) is 0 Å². The van der Waals surface area contributed by atoms with E-state index in [9.17, 15) is 5.11 Å². The van der Waals surface area contributed by atoms with Crippen molar-refractivity contribution in [2.75, 3.05) is 27.4 Å². The lowest BCUT2D eigenvalue weighted by molar-refractivity contribution is 0.192. The van der Waals surface area contributed by atoms with Gasteiger partial charge in [0.25, 0.3) is 0 Å². The standard InChI is InChI=1S/C14H22BrNO3/c1-18-7-5-3-4-6-16-10-11-8-12(15)14(17)13(9-11)19-2/h8-9,16-17H,3-7,10H2,1-2H3. The Bertz CT molecular complexity index is 385. The van der Waals surface area contributed by atoms with Crippen LogP contribution >= 0.6 is 15.9 Å². The molecule has 0 aliphatic carbocycles. The van der Waals surface area contributed by atoms with Crippen molar-refractivity contribution in [3.8, 4) is 11.5 Å². The summed E-state index contributed by atoms with van der Waals surface area (Å²) in [4.78, 5) is 0. The van der Waals surface area contributed by atoms with E-state index in [2.05, 4.69) is 21.2 Å². The number of phenols is 1. The molecule has 1 rings (SSSR count). The zero-order valence-corrected chi connectivity index (χ0v) is 13.1. The molecule has 0 aliphatic heterocycles. The third kappa shape index (κ3) is 5.80. The summed E-state index contributed by atoms with van der Waals surface area (Å²) in [6.45, 7) is 2.58. The van der Waals surface area contributed by atoms with E-state index in [1.807, 2.05) is 12.1 Å². The van der Waals surface area contributed by atoms with E-state index in [-0.39, 0.29) is 5.75 Å². The van der Waals surface area contributed by atoms with Gasteiger partial charge in [0.05, 0.1) is 11.6 Å². The van der Waals surface area contributed by atoms with Crippen LogP contribution < -0.4 is 10.1 Å². The molecular weight excluding hydrogens is 310 g/mol. The highest BCUT2D eigenvalue weighted by Gasteiger charge is 2.08. The van der Waals surface area contributed by atoms with Gasteiger partial charge in [-0.15, -0.1) is 0 Å². The second kappa shape index (κ2) is 9.18. The maximum atomic E-state index is 9.71. The Morgan fingerprint density at radius 2 is 2.00 bits per heavy atom. The zero-order chi connectivity index (χ0) is 14.1. The lowest BCUT2D eigenvalue weighted by atomic mass is 10.2. The van der Waals surface area contributed by atoms with Crippen molar-refractivity contribution in [3.05, 3.63) is 22.2 Å². The molecule has 0 saturated heterocycles. The number of halogens is 1. The molecule has 1 aromatic rings. The number of methoxy groups -OCH3 is 2. The van der Waals surface area contributed by atoms with E-state index in [4.69, 9.17) is 9.47 Å². The number of aromatic hydroxyl groups is 1. The lowest BCUT2D eigenvalue weighted by Gasteiger charge is -2.10. The molecule has 1 aromatic carbocycles. The van der Waals surface area contributed by atoms with Crippen LogP contribution in [0.15, 0.2) is 16.6 Å². The molecule has 0 saturated carbocycles. The second-order valence-electron chi connectivity index (χ2n) is 4.36. The minimum Gasteiger partial charge on any atom is -0.503 e. The van der Waals surface area contributed by atoms with Gasteiger partial charge in [0.1, 0.15) is 0 Å². The largest absolute Gasteiger partial charge is 0.503 e. The average molecular weight is 332 g/mol. The fourth-order valence-electron chi connectivity index (χ4n) is 1.79. The summed E-state index contributed by atoms with van der Waals surface area (Å²) in [7, 11) is 3.28. The predicted octanol–water partition coefficient (Wildman–Crippen LogP) is 3.07. The van der Waals surface area contributed by atoms with E-state index in [1.54, 1.807) is 14.2 Å². The molecule has 5 heteroatoms. The highest BCUT2D eigenvalue weighted by atomic mass is 79.9. The van der Waals surface area contributed by atoms with Gasteiger partial charge in [-0.3, -0.25) is 0 Å². The Morgan fingerprint density at radius 3 is 2.68 bits per heavy atom. The van der Waals surface area contributed by atoms with Crippen LogP contribution in [0.25, 0.3) is 0 Å². The molecule has 2 N–H and O–H groups in total. The highest BCUT2D eigenvalue weighted by molar-refractivity contribution is 9.10. The third-order valence-electron chi connectivity index (χ3n) is 2.84. The maximum Gasteiger partial charge on any atom is 0.172 e. The number of nitrogens with one attached hydrogen (secondary N) is 1. The summed E-state index contributed by atoms with van der Waals surface area (Å²) in [5.41, 5.74) is 1.08. The van der Waals surface area contributed by atoms with E-state index in [0.29, 0.717) is 10.2 Å². The fraction of sp³-hybridized carbons (Fsp3) is 0.571. The second-order valence-corrected chi connectivity index (χ2v) is 5.21. The molecule has 4 nitrogen and oxygen atoms in total. The zero-order valence-electron chi connectivity index (χ0n) is 11.5. The van der Waals surface area contributed by atoms with Gasteiger partial charge < -0.3 is 19.9 Å². The summed E-state index contributed by atoms with van der Waals surface area (Å²) >= 11 is 3.32. The van der Waals surface area contributed by atoms with Gasteiger partial charge in [-0.2, -0.15) is 0 Å². The molecule has 19 heavy (non-hydrogen) atoms. The summed E-state index contributed by atoms with van der Waals surface area (Å²) in [6, 6.07) is 3.74. The topological polar surface area (TPSA) is 50.7 Å². The Morgan fingerprint density at radius 1 is 1.21 bits per heavy atom. The van der Waals surface area contributed by atoms with Gasteiger partial charge in [0.15, 0.2) is 11.5 Å². The van der Waals surface area contributed by atoms with Crippen molar-refractivity contribution in [1.29, 1.82) is 0 Å². The first kappa shape index (κ1) is 16.3. The van der Waals surface area contributed by atoms with Crippen LogP contribution in [0, 0.1) is 0 Å². The van der Waals surface area contributed by atoms with Crippen molar-refractivity contribution in [1.82, 2.24) is 5.32 Å². The molecule has 0 fully saturated rings. The summed E-state index contributed by atoms with van der Waals surface area (Å²) in [6.07, 6.45) is 3.42. The number of phenolic OH excluding ortho intramolecular Hbond substituents is 1. The Balaban J connectivity index is 2.31. The van der Waals surface area contributed by atoms with Crippen molar-refractivity contribution in [2.24, 2.45) is 0 Å². The third-order valence-corrected chi connectivity index (χ3v) is 3.44. The lowest BCUT2D eigenvalue weighted by Crippen LogP contribution is -2.14. The maximum absolute atomic E-state index is 9.71. The van der Waals surface area contributed by atoms with E-state index >= 15 is 0 Å². The highest BCUT2D eigenvalue weighted by Crippen LogP contribution is 2.35. The molecule has 0 radical (unpaired) electrons. The Labute approximate surface area is 123 Å². The fourth-order valence-corrected chi connectivity index (χ4v) is 2.28. The number of rotatable bonds is 9. The van der Waals surface area contributed by atoms with E-state index in [1.165, 1.54) is 6.42 Å². The molecular formula is C14H22BrNO3.